The van der Waals surface area contributed by atoms with Crippen molar-refractivity contribution in [3.63, 3.8) is 0 Å². The summed E-state index contributed by atoms with van der Waals surface area (Å²) < 4.78 is 6.10. The average molecular weight is 332 g/mol. The molecular formula is C19H28N2O3. The Balaban J connectivity index is 1.93. The molecule has 1 aliphatic carbocycles. The van der Waals surface area contributed by atoms with Crippen molar-refractivity contribution in [2.24, 2.45) is 5.73 Å². The molecular weight excluding hydrogens is 304 g/mol. The first-order valence-corrected chi connectivity index (χ1v) is 8.84. The summed E-state index contributed by atoms with van der Waals surface area (Å²) in [5.74, 6) is -0.481. The van der Waals surface area contributed by atoms with Crippen LogP contribution in [-0.2, 0) is 16.0 Å². The second-order valence-corrected chi connectivity index (χ2v) is 6.61. The Morgan fingerprint density at radius 3 is 2.42 bits per heavy atom. The first-order chi connectivity index (χ1) is 11.5. The minimum Gasteiger partial charge on any atom is -0.373 e. The van der Waals surface area contributed by atoms with Gasteiger partial charge >= 0.3 is 0 Å². The minimum atomic E-state index is -0.375. The van der Waals surface area contributed by atoms with Gasteiger partial charge in [0, 0.05) is 18.7 Å². The maximum Gasteiger partial charge on any atom is 0.251 e. The molecule has 1 aromatic carbocycles. The van der Waals surface area contributed by atoms with E-state index in [4.69, 9.17) is 10.5 Å². The van der Waals surface area contributed by atoms with Crippen molar-refractivity contribution in [3.8, 4) is 0 Å². The summed E-state index contributed by atoms with van der Waals surface area (Å²) in [7, 11) is 0. The number of benzene rings is 1. The third kappa shape index (κ3) is 5.34. The van der Waals surface area contributed by atoms with Crippen LogP contribution in [0, 0.1) is 0 Å². The molecule has 2 amide bonds. The van der Waals surface area contributed by atoms with Crippen molar-refractivity contribution in [2.45, 2.75) is 57.5 Å². The van der Waals surface area contributed by atoms with Crippen LogP contribution in [0.15, 0.2) is 24.3 Å². The highest BCUT2D eigenvalue weighted by Gasteiger charge is 2.33. The summed E-state index contributed by atoms with van der Waals surface area (Å²) in [5.41, 5.74) is 6.36. The van der Waals surface area contributed by atoms with Crippen LogP contribution >= 0.6 is 0 Å². The van der Waals surface area contributed by atoms with Crippen molar-refractivity contribution in [1.82, 2.24) is 5.32 Å². The topological polar surface area (TPSA) is 81.4 Å². The summed E-state index contributed by atoms with van der Waals surface area (Å²) in [5, 5.41) is 3.02. The highest BCUT2D eigenvalue weighted by molar-refractivity contribution is 5.94. The lowest BCUT2D eigenvalue weighted by molar-refractivity contribution is -0.117. The van der Waals surface area contributed by atoms with E-state index >= 15 is 0 Å². The van der Waals surface area contributed by atoms with Crippen molar-refractivity contribution in [1.29, 1.82) is 0 Å². The van der Waals surface area contributed by atoms with Gasteiger partial charge in [-0.25, -0.2) is 0 Å². The molecule has 132 valence electrons. The Kier molecular flexibility index (Phi) is 6.79. The van der Waals surface area contributed by atoms with Gasteiger partial charge in [-0.1, -0.05) is 38.3 Å². The highest BCUT2D eigenvalue weighted by Crippen LogP contribution is 2.31. The number of carbonyl (C=O) groups is 2. The number of rotatable bonds is 8. The van der Waals surface area contributed by atoms with Crippen LogP contribution < -0.4 is 11.1 Å². The number of ether oxygens (including phenoxy) is 1. The molecule has 0 aromatic heterocycles. The van der Waals surface area contributed by atoms with Gasteiger partial charge in [0.05, 0.1) is 12.0 Å². The fourth-order valence-corrected chi connectivity index (χ4v) is 3.21. The molecule has 3 N–H and O–H groups in total. The number of nitrogens with two attached hydrogens (primary N) is 1. The minimum absolute atomic E-state index is 0.106. The van der Waals surface area contributed by atoms with Crippen molar-refractivity contribution >= 4 is 11.8 Å². The molecule has 0 spiro atoms. The van der Waals surface area contributed by atoms with Gasteiger partial charge in [0.2, 0.25) is 5.91 Å². The van der Waals surface area contributed by atoms with Crippen LogP contribution in [0.5, 0.6) is 0 Å². The maximum atomic E-state index is 12.4. The molecule has 0 atom stereocenters. The molecule has 1 saturated carbocycles. The number of hydrogen-bond acceptors (Lipinski definition) is 3. The third-order valence-corrected chi connectivity index (χ3v) is 4.54. The summed E-state index contributed by atoms with van der Waals surface area (Å²) in [6, 6.07) is 7.00. The van der Waals surface area contributed by atoms with Crippen LogP contribution in [0.1, 0.15) is 61.4 Å². The number of nitrogens with one attached hydrogen (secondary N) is 1. The predicted octanol–water partition coefficient (Wildman–Crippen LogP) is 2.57. The first kappa shape index (κ1) is 18.5. The number of hydrogen-bond donors (Lipinski definition) is 2. The zero-order valence-corrected chi connectivity index (χ0v) is 14.5. The summed E-state index contributed by atoms with van der Waals surface area (Å²) in [6.45, 7) is 3.38. The van der Waals surface area contributed by atoms with Gasteiger partial charge < -0.3 is 15.8 Å². The van der Waals surface area contributed by atoms with Crippen molar-refractivity contribution < 1.29 is 14.3 Å². The van der Waals surface area contributed by atoms with E-state index < -0.39 is 0 Å². The number of primary amides is 1. The molecule has 0 unspecified atom stereocenters. The first-order valence-electron chi connectivity index (χ1n) is 8.84. The molecule has 2 rings (SSSR count). The lowest BCUT2D eigenvalue weighted by Gasteiger charge is -2.37. The van der Waals surface area contributed by atoms with Gasteiger partial charge in [-0.15, -0.1) is 0 Å². The van der Waals surface area contributed by atoms with E-state index in [1.165, 1.54) is 6.42 Å². The smallest absolute Gasteiger partial charge is 0.251 e. The van der Waals surface area contributed by atoms with Crippen LogP contribution in [-0.4, -0.2) is 30.6 Å². The molecule has 0 bridgehead atoms. The largest absolute Gasteiger partial charge is 0.373 e. The average Bonchev–Trinajstić information content (AvgIpc) is 2.59. The van der Waals surface area contributed by atoms with E-state index in [9.17, 15) is 9.59 Å². The lowest BCUT2D eigenvalue weighted by atomic mass is 9.84. The highest BCUT2D eigenvalue weighted by atomic mass is 16.5. The van der Waals surface area contributed by atoms with Crippen LogP contribution in [0.3, 0.4) is 0 Å². The molecule has 5 heteroatoms. The fraction of sp³-hybridized carbons (Fsp3) is 0.579. The van der Waals surface area contributed by atoms with E-state index in [-0.39, 0.29) is 23.8 Å². The zero-order valence-electron chi connectivity index (χ0n) is 14.5. The SMILES string of the molecule is CCCOC1(CNC(=O)c2ccc(CC(N)=O)cc2)CCCCC1. The Morgan fingerprint density at radius 2 is 1.83 bits per heavy atom. The predicted molar refractivity (Wildman–Crippen MR) is 93.7 cm³/mol. The van der Waals surface area contributed by atoms with Crippen LogP contribution in [0.25, 0.3) is 0 Å². The summed E-state index contributed by atoms with van der Waals surface area (Å²) in [4.78, 5) is 23.3. The Hall–Kier alpha value is -1.88. The Morgan fingerprint density at radius 1 is 1.17 bits per heavy atom. The van der Waals surface area contributed by atoms with Gasteiger partial charge in [-0.05, 0) is 37.0 Å². The lowest BCUT2D eigenvalue weighted by Crippen LogP contribution is -2.46. The van der Waals surface area contributed by atoms with Gasteiger partial charge in [0.25, 0.3) is 5.91 Å². The zero-order chi connectivity index (χ0) is 17.4. The molecule has 1 aromatic rings. The van der Waals surface area contributed by atoms with Crippen LogP contribution in [0.4, 0.5) is 0 Å². The molecule has 0 heterocycles. The monoisotopic (exact) mass is 332 g/mol. The summed E-state index contributed by atoms with van der Waals surface area (Å²) in [6.07, 6.45) is 6.73. The second-order valence-electron chi connectivity index (χ2n) is 6.61. The molecule has 0 saturated heterocycles. The molecule has 24 heavy (non-hydrogen) atoms. The van der Waals surface area contributed by atoms with Gasteiger partial charge in [-0.2, -0.15) is 0 Å². The fourth-order valence-electron chi connectivity index (χ4n) is 3.21. The molecule has 5 nitrogen and oxygen atoms in total. The molecule has 1 fully saturated rings. The number of carbonyl (C=O) groups excluding carboxylic acids is 2. The van der Waals surface area contributed by atoms with Gasteiger partial charge in [0.15, 0.2) is 0 Å². The van der Waals surface area contributed by atoms with Crippen LogP contribution in [0.2, 0.25) is 0 Å². The third-order valence-electron chi connectivity index (χ3n) is 4.54. The number of amides is 2. The van der Waals surface area contributed by atoms with Crippen molar-refractivity contribution in [2.75, 3.05) is 13.2 Å². The van der Waals surface area contributed by atoms with Gasteiger partial charge in [0.1, 0.15) is 0 Å². The summed E-state index contributed by atoms with van der Waals surface area (Å²) >= 11 is 0. The van der Waals surface area contributed by atoms with Crippen molar-refractivity contribution in [3.05, 3.63) is 35.4 Å². The van der Waals surface area contributed by atoms with E-state index in [0.717, 1.165) is 44.3 Å². The quantitative estimate of drug-likeness (QED) is 0.767. The molecule has 0 aliphatic heterocycles. The Labute approximate surface area is 143 Å². The van der Waals surface area contributed by atoms with E-state index in [0.29, 0.717) is 12.1 Å². The Bertz CT molecular complexity index is 548. The maximum absolute atomic E-state index is 12.4. The van der Waals surface area contributed by atoms with E-state index in [1.807, 2.05) is 0 Å². The molecule has 0 radical (unpaired) electrons. The van der Waals surface area contributed by atoms with Gasteiger partial charge in [-0.3, -0.25) is 9.59 Å². The van der Waals surface area contributed by atoms with E-state index in [2.05, 4.69) is 12.2 Å². The standard InChI is InChI=1S/C19H28N2O3/c1-2-12-24-19(10-4-3-5-11-19)14-21-18(23)16-8-6-15(7-9-16)13-17(20)22/h6-9H,2-5,10-14H2,1H3,(H2,20,22)(H,21,23). The normalized spacial score (nSPS) is 16.5. The second kappa shape index (κ2) is 8.83. The van der Waals surface area contributed by atoms with E-state index in [1.54, 1.807) is 24.3 Å². The molecule has 1 aliphatic rings.